The lowest BCUT2D eigenvalue weighted by molar-refractivity contribution is 0.0694. The van der Waals surface area contributed by atoms with Gasteiger partial charge in [0.05, 0.1) is 5.56 Å². The van der Waals surface area contributed by atoms with E-state index >= 15 is 0 Å². The van der Waals surface area contributed by atoms with Crippen LogP contribution in [0.5, 0.6) is 0 Å². The van der Waals surface area contributed by atoms with Crippen LogP contribution in [0, 0.1) is 0 Å². The van der Waals surface area contributed by atoms with Gasteiger partial charge < -0.3 is 5.11 Å². The number of hydrogen-bond donors (Lipinski definition) is 2. The summed E-state index contributed by atoms with van der Waals surface area (Å²) in [6, 6.07) is 7.12. The second-order valence-corrected chi connectivity index (χ2v) is 6.17. The summed E-state index contributed by atoms with van der Waals surface area (Å²) in [7, 11) is 0. The van der Waals surface area contributed by atoms with Crippen molar-refractivity contribution in [2.24, 2.45) is 0 Å². The highest BCUT2D eigenvalue weighted by Gasteiger charge is 2.26. The second kappa shape index (κ2) is 7.00. The van der Waals surface area contributed by atoms with E-state index in [1.54, 1.807) is 16.7 Å². The summed E-state index contributed by atoms with van der Waals surface area (Å²) in [6.45, 7) is 4.83. The lowest BCUT2D eigenvalue weighted by atomic mass is 9.96. The Labute approximate surface area is 139 Å². The van der Waals surface area contributed by atoms with Gasteiger partial charge in [-0.25, -0.2) is 14.7 Å². The van der Waals surface area contributed by atoms with Gasteiger partial charge in [-0.3, -0.25) is 9.47 Å². The Morgan fingerprint density at radius 1 is 1.42 bits per heavy atom. The van der Waals surface area contributed by atoms with Gasteiger partial charge in [0.1, 0.15) is 5.82 Å². The van der Waals surface area contributed by atoms with Crippen molar-refractivity contribution < 1.29 is 9.90 Å². The summed E-state index contributed by atoms with van der Waals surface area (Å²) >= 11 is 0. The summed E-state index contributed by atoms with van der Waals surface area (Å²) in [6.07, 6.45) is 1.99. The summed E-state index contributed by atoms with van der Waals surface area (Å²) < 4.78 is 1.68. The van der Waals surface area contributed by atoms with Crippen LogP contribution in [0.15, 0.2) is 29.1 Å². The Morgan fingerprint density at radius 3 is 2.96 bits per heavy atom. The number of benzene rings is 1. The fourth-order valence-corrected chi connectivity index (χ4v) is 3.46. The zero-order chi connectivity index (χ0) is 17.1. The number of aromatic nitrogens is 3. The third-order valence-electron chi connectivity index (χ3n) is 4.62. The van der Waals surface area contributed by atoms with E-state index in [1.807, 2.05) is 19.1 Å². The summed E-state index contributed by atoms with van der Waals surface area (Å²) in [5.74, 6) is 0.0969. The predicted octanol–water partition coefficient (Wildman–Crippen LogP) is 1.67. The SMILES string of the molecule is CCn1c([C@H]2CCCN(Cc3ccccc3C(=O)O)C2)n[nH]c1=O. The molecule has 0 aliphatic carbocycles. The fraction of sp³-hybridized carbons (Fsp3) is 0.471. The van der Waals surface area contributed by atoms with Crippen LogP contribution in [0.4, 0.5) is 0 Å². The predicted molar refractivity (Wildman–Crippen MR) is 89.2 cm³/mol. The molecule has 1 aromatic carbocycles. The molecule has 1 fully saturated rings. The molecule has 0 amide bonds. The first-order chi connectivity index (χ1) is 11.6. The third-order valence-corrected chi connectivity index (χ3v) is 4.62. The highest BCUT2D eigenvalue weighted by Crippen LogP contribution is 2.26. The van der Waals surface area contributed by atoms with Crippen molar-refractivity contribution in [3.63, 3.8) is 0 Å². The average molecular weight is 330 g/mol. The van der Waals surface area contributed by atoms with E-state index in [1.165, 1.54) is 0 Å². The fourth-order valence-electron chi connectivity index (χ4n) is 3.46. The Balaban J connectivity index is 1.77. The maximum atomic E-state index is 11.8. The largest absolute Gasteiger partial charge is 0.478 e. The zero-order valence-corrected chi connectivity index (χ0v) is 13.7. The number of hydrogen-bond acceptors (Lipinski definition) is 4. The maximum Gasteiger partial charge on any atom is 0.343 e. The van der Waals surface area contributed by atoms with E-state index in [0.29, 0.717) is 18.7 Å². The van der Waals surface area contributed by atoms with Crippen LogP contribution in [0.2, 0.25) is 0 Å². The molecule has 1 aromatic heterocycles. The Morgan fingerprint density at radius 2 is 2.21 bits per heavy atom. The molecule has 3 rings (SSSR count). The van der Waals surface area contributed by atoms with Gasteiger partial charge in [0.25, 0.3) is 0 Å². The first-order valence-electron chi connectivity index (χ1n) is 8.28. The van der Waals surface area contributed by atoms with E-state index in [4.69, 9.17) is 0 Å². The van der Waals surface area contributed by atoms with E-state index in [0.717, 1.165) is 37.3 Å². The third kappa shape index (κ3) is 3.26. The molecule has 0 spiro atoms. The molecule has 0 unspecified atom stereocenters. The molecule has 2 N–H and O–H groups in total. The summed E-state index contributed by atoms with van der Waals surface area (Å²) in [4.78, 5) is 25.4. The number of rotatable bonds is 5. The number of aromatic carboxylic acids is 1. The highest BCUT2D eigenvalue weighted by molar-refractivity contribution is 5.89. The molecule has 7 heteroatoms. The second-order valence-electron chi connectivity index (χ2n) is 6.17. The molecule has 1 aliphatic heterocycles. The highest BCUT2D eigenvalue weighted by atomic mass is 16.4. The lowest BCUT2D eigenvalue weighted by Gasteiger charge is -2.32. The molecule has 7 nitrogen and oxygen atoms in total. The molecule has 0 radical (unpaired) electrons. The first kappa shape index (κ1) is 16.4. The van der Waals surface area contributed by atoms with Crippen LogP contribution in [0.3, 0.4) is 0 Å². The van der Waals surface area contributed by atoms with Crippen molar-refractivity contribution in [2.45, 2.75) is 38.8 Å². The van der Waals surface area contributed by atoms with Gasteiger partial charge in [0, 0.05) is 25.6 Å². The van der Waals surface area contributed by atoms with Gasteiger partial charge in [-0.1, -0.05) is 18.2 Å². The number of H-pyrrole nitrogens is 1. The van der Waals surface area contributed by atoms with Gasteiger partial charge in [-0.05, 0) is 37.9 Å². The molecule has 1 saturated heterocycles. The van der Waals surface area contributed by atoms with Crippen molar-refractivity contribution in [3.05, 3.63) is 51.7 Å². The smallest absolute Gasteiger partial charge is 0.343 e. The minimum atomic E-state index is -0.897. The van der Waals surface area contributed by atoms with Gasteiger partial charge in [0.15, 0.2) is 0 Å². The summed E-state index contributed by atoms with van der Waals surface area (Å²) in [5.41, 5.74) is 1.01. The molecule has 24 heavy (non-hydrogen) atoms. The molecule has 128 valence electrons. The molecular weight excluding hydrogens is 308 g/mol. The molecule has 0 bridgehead atoms. The Kier molecular flexibility index (Phi) is 4.80. The normalized spacial score (nSPS) is 18.6. The molecule has 0 saturated carbocycles. The minimum Gasteiger partial charge on any atom is -0.478 e. The monoisotopic (exact) mass is 330 g/mol. The molecule has 1 aliphatic rings. The van der Waals surface area contributed by atoms with Crippen molar-refractivity contribution in [1.82, 2.24) is 19.7 Å². The number of carboxylic acid groups (broad SMARTS) is 1. The maximum absolute atomic E-state index is 11.8. The number of nitrogens with zero attached hydrogens (tertiary/aromatic N) is 3. The number of carbonyl (C=O) groups is 1. The first-order valence-corrected chi connectivity index (χ1v) is 8.28. The number of piperidine rings is 1. The van der Waals surface area contributed by atoms with Crippen LogP contribution in [0.1, 0.15) is 47.4 Å². The van der Waals surface area contributed by atoms with E-state index in [9.17, 15) is 14.7 Å². The Hall–Kier alpha value is -2.41. The lowest BCUT2D eigenvalue weighted by Crippen LogP contribution is -2.35. The standard InChI is InChI=1S/C17H22N4O3/c1-2-21-15(18-19-17(21)24)13-7-5-9-20(11-13)10-12-6-3-4-8-14(12)16(22)23/h3-4,6,8,13H,2,5,7,9-11H2,1H3,(H,19,24)(H,22,23)/t13-/m0/s1. The van der Waals surface area contributed by atoms with E-state index in [-0.39, 0.29) is 11.6 Å². The molecular formula is C17H22N4O3. The summed E-state index contributed by atoms with van der Waals surface area (Å²) in [5, 5.41) is 16.1. The van der Waals surface area contributed by atoms with E-state index in [2.05, 4.69) is 15.1 Å². The van der Waals surface area contributed by atoms with E-state index < -0.39 is 5.97 Å². The van der Waals surface area contributed by atoms with Crippen LogP contribution >= 0.6 is 0 Å². The number of nitrogens with one attached hydrogen (secondary N) is 1. The number of aromatic amines is 1. The van der Waals surface area contributed by atoms with Gasteiger partial charge >= 0.3 is 11.7 Å². The molecule has 2 aromatic rings. The zero-order valence-electron chi connectivity index (χ0n) is 13.7. The van der Waals surface area contributed by atoms with Crippen LogP contribution in [0.25, 0.3) is 0 Å². The van der Waals surface area contributed by atoms with Crippen molar-refractivity contribution in [3.8, 4) is 0 Å². The minimum absolute atomic E-state index is 0.166. The van der Waals surface area contributed by atoms with Crippen molar-refractivity contribution in [2.75, 3.05) is 13.1 Å². The average Bonchev–Trinajstić information content (AvgIpc) is 2.96. The van der Waals surface area contributed by atoms with Gasteiger partial charge in [-0.15, -0.1) is 0 Å². The topological polar surface area (TPSA) is 91.2 Å². The van der Waals surface area contributed by atoms with Crippen molar-refractivity contribution in [1.29, 1.82) is 0 Å². The van der Waals surface area contributed by atoms with Crippen LogP contribution < -0.4 is 5.69 Å². The van der Waals surface area contributed by atoms with Crippen LogP contribution in [-0.2, 0) is 13.1 Å². The number of likely N-dealkylation sites (tertiary alicyclic amines) is 1. The van der Waals surface area contributed by atoms with Gasteiger partial charge in [-0.2, -0.15) is 5.10 Å². The molecule has 1 atom stereocenters. The Bertz CT molecular complexity index is 780. The van der Waals surface area contributed by atoms with Crippen LogP contribution in [-0.4, -0.2) is 43.8 Å². The van der Waals surface area contributed by atoms with Crippen molar-refractivity contribution >= 4 is 5.97 Å². The number of carboxylic acids is 1. The van der Waals surface area contributed by atoms with Gasteiger partial charge in [0.2, 0.25) is 0 Å². The quantitative estimate of drug-likeness (QED) is 0.870. The molecule has 2 heterocycles.